The molecule has 0 atom stereocenters. The number of nitrogens with zero attached hydrogens (tertiary/aromatic N) is 3. The zero-order valence-electron chi connectivity index (χ0n) is 15.6. The van der Waals surface area contributed by atoms with Gasteiger partial charge in [0.1, 0.15) is 5.69 Å². The van der Waals surface area contributed by atoms with Crippen molar-refractivity contribution in [2.75, 3.05) is 10.6 Å². The molecule has 2 aromatic carbocycles. The van der Waals surface area contributed by atoms with Crippen LogP contribution in [0.25, 0.3) is 10.9 Å². The molecule has 0 saturated carbocycles. The number of aromatic nitrogens is 3. The van der Waals surface area contributed by atoms with E-state index in [0.717, 1.165) is 33.4 Å². The molecule has 0 unspecified atom stereocenters. The fraction of sp³-hybridized carbons (Fsp3) is 0.0909. The summed E-state index contributed by atoms with van der Waals surface area (Å²) in [4.78, 5) is 25.7. The lowest BCUT2D eigenvalue weighted by atomic mass is 10.1. The maximum atomic E-state index is 12.7. The van der Waals surface area contributed by atoms with Crippen molar-refractivity contribution in [3.8, 4) is 0 Å². The summed E-state index contributed by atoms with van der Waals surface area (Å²) in [7, 11) is 0. The number of carbonyl (C=O) groups is 1. The number of aryl methyl sites for hydroxylation is 2. The van der Waals surface area contributed by atoms with Crippen LogP contribution >= 0.6 is 0 Å². The van der Waals surface area contributed by atoms with Gasteiger partial charge in [0.05, 0.1) is 11.2 Å². The van der Waals surface area contributed by atoms with Crippen LogP contribution in [0, 0.1) is 13.8 Å². The van der Waals surface area contributed by atoms with Crippen molar-refractivity contribution in [1.29, 1.82) is 0 Å². The van der Waals surface area contributed by atoms with Crippen LogP contribution in [0.1, 0.15) is 21.6 Å². The second kappa shape index (κ2) is 7.44. The molecule has 6 nitrogen and oxygen atoms in total. The van der Waals surface area contributed by atoms with Crippen LogP contribution in [0.5, 0.6) is 0 Å². The van der Waals surface area contributed by atoms with Gasteiger partial charge >= 0.3 is 0 Å². The fourth-order valence-electron chi connectivity index (χ4n) is 2.93. The summed E-state index contributed by atoms with van der Waals surface area (Å²) < 4.78 is 0. The maximum Gasteiger partial charge on any atom is 0.274 e. The number of amides is 1. The van der Waals surface area contributed by atoms with Crippen LogP contribution in [-0.4, -0.2) is 20.9 Å². The van der Waals surface area contributed by atoms with Crippen LogP contribution in [0.2, 0.25) is 0 Å². The molecular formula is C22H19N5O. The lowest BCUT2D eigenvalue weighted by Gasteiger charge is -2.10. The lowest BCUT2D eigenvalue weighted by Crippen LogP contribution is -2.15. The van der Waals surface area contributed by atoms with Gasteiger partial charge in [0, 0.05) is 23.5 Å². The molecule has 0 aliphatic rings. The largest absolute Gasteiger partial charge is 0.322 e. The summed E-state index contributed by atoms with van der Waals surface area (Å²) >= 11 is 0. The number of rotatable bonds is 4. The minimum Gasteiger partial charge on any atom is -0.322 e. The molecule has 28 heavy (non-hydrogen) atoms. The van der Waals surface area contributed by atoms with E-state index in [0.29, 0.717) is 5.95 Å². The third kappa shape index (κ3) is 3.66. The molecule has 2 heterocycles. The SMILES string of the molecule is Cc1ccc(C)c(NC(=O)c2ccnc(Nc3cccc4cccnc34)n2)c1. The van der Waals surface area contributed by atoms with Crippen molar-refractivity contribution in [2.45, 2.75) is 13.8 Å². The average molecular weight is 369 g/mol. The number of anilines is 3. The van der Waals surface area contributed by atoms with Gasteiger partial charge in [-0.25, -0.2) is 9.97 Å². The first-order chi connectivity index (χ1) is 13.6. The molecule has 138 valence electrons. The third-order valence-electron chi connectivity index (χ3n) is 4.41. The summed E-state index contributed by atoms with van der Waals surface area (Å²) in [5.74, 6) is 0.0574. The van der Waals surface area contributed by atoms with Gasteiger partial charge < -0.3 is 10.6 Å². The molecule has 4 rings (SSSR count). The minimum absolute atomic E-state index is 0.282. The molecule has 6 heteroatoms. The Balaban J connectivity index is 1.59. The van der Waals surface area contributed by atoms with Crippen LogP contribution in [0.3, 0.4) is 0 Å². The van der Waals surface area contributed by atoms with E-state index in [-0.39, 0.29) is 11.6 Å². The monoisotopic (exact) mass is 369 g/mol. The molecule has 0 aliphatic carbocycles. The Morgan fingerprint density at radius 2 is 1.75 bits per heavy atom. The Labute approximate surface area is 162 Å². The second-order valence-corrected chi connectivity index (χ2v) is 6.54. The minimum atomic E-state index is -0.282. The summed E-state index contributed by atoms with van der Waals surface area (Å²) in [6.07, 6.45) is 3.30. The van der Waals surface area contributed by atoms with E-state index in [9.17, 15) is 4.79 Å². The Morgan fingerprint density at radius 3 is 2.64 bits per heavy atom. The first-order valence-electron chi connectivity index (χ1n) is 8.92. The predicted molar refractivity (Wildman–Crippen MR) is 111 cm³/mol. The fourth-order valence-corrected chi connectivity index (χ4v) is 2.93. The molecule has 0 aliphatic heterocycles. The summed E-state index contributed by atoms with van der Waals surface area (Å²) in [5, 5.41) is 7.09. The molecule has 0 fully saturated rings. The molecule has 2 N–H and O–H groups in total. The topological polar surface area (TPSA) is 79.8 Å². The van der Waals surface area contributed by atoms with E-state index < -0.39 is 0 Å². The van der Waals surface area contributed by atoms with Gasteiger partial charge in [-0.05, 0) is 49.2 Å². The van der Waals surface area contributed by atoms with E-state index in [1.54, 1.807) is 18.5 Å². The summed E-state index contributed by atoms with van der Waals surface area (Å²) in [6.45, 7) is 3.94. The first-order valence-corrected chi connectivity index (χ1v) is 8.92. The zero-order chi connectivity index (χ0) is 19.5. The smallest absolute Gasteiger partial charge is 0.274 e. The van der Waals surface area contributed by atoms with Crippen LogP contribution < -0.4 is 10.6 Å². The molecule has 0 spiro atoms. The van der Waals surface area contributed by atoms with Crippen molar-refractivity contribution in [3.63, 3.8) is 0 Å². The predicted octanol–water partition coefficient (Wildman–Crippen LogP) is 4.64. The van der Waals surface area contributed by atoms with Gasteiger partial charge in [-0.3, -0.25) is 9.78 Å². The van der Waals surface area contributed by atoms with Crippen molar-refractivity contribution in [3.05, 3.63) is 83.8 Å². The Morgan fingerprint density at radius 1 is 0.893 bits per heavy atom. The number of benzene rings is 2. The van der Waals surface area contributed by atoms with E-state index in [2.05, 4.69) is 25.6 Å². The van der Waals surface area contributed by atoms with Crippen LogP contribution in [-0.2, 0) is 0 Å². The van der Waals surface area contributed by atoms with Gasteiger partial charge in [0.2, 0.25) is 5.95 Å². The van der Waals surface area contributed by atoms with Crippen molar-refractivity contribution in [2.24, 2.45) is 0 Å². The highest BCUT2D eigenvalue weighted by Crippen LogP contribution is 2.23. The summed E-state index contributed by atoms with van der Waals surface area (Å²) in [6, 6.07) is 17.2. The normalized spacial score (nSPS) is 10.6. The molecule has 1 amide bonds. The number of carbonyl (C=O) groups excluding carboxylic acids is 1. The third-order valence-corrected chi connectivity index (χ3v) is 4.41. The maximum absolute atomic E-state index is 12.7. The van der Waals surface area contributed by atoms with E-state index in [1.165, 1.54) is 0 Å². The molecule has 0 saturated heterocycles. The Bertz CT molecular complexity index is 1170. The molecule has 0 bridgehead atoms. The van der Waals surface area contributed by atoms with Crippen LogP contribution in [0.4, 0.5) is 17.3 Å². The molecule has 2 aromatic heterocycles. The Kier molecular flexibility index (Phi) is 4.68. The average Bonchev–Trinajstić information content (AvgIpc) is 2.71. The quantitative estimate of drug-likeness (QED) is 0.548. The molecule has 0 radical (unpaired) electrons. The van der Waals surface area contributed by atoms with E-state index >= 15 is 0 Å². The second-order valence-electron chi connectivity index (χ2n) is 6.54. The van der Waals surface area contributed by atoms with Crippen molar-refractivity contribution in [1.82, 2.24) is 15.0 Å². The summed E-state index contributed by atoms with van der Waals surface area (Å²) in [5.41, 5.74) is 4.73. The number of nitrogens with one attached hydrogen (secondary N) is 2. The highest BCUT2D eigenvalue weighted by Gasteiger charge is 2.12. The van der Waals surface area contributed by atoms with Gasteiger partial charge in [-0.1, -0.05) is 30.3 Å². The highest BCUT2D eigenvalue weighted by molar-refractivity contribution is 6.03. The van der Waals surface area contributed by atoms with Gasteiger partial charge in [0.15, 0.2) is 0 Å². The standard InChI is InChI=1S/C22H19N5O/c1-14-8-9-15(2)19(13-14)25-21(28)18-10-12-24-22(27-18)26-17-7-3-5-16-6-4-11-23-20(16)17/h3-13H,1-2H3,(H,25,28)(H,24,26,27). The number of hydrogen-bond donors (Lipinski definition) is 2. The van der Waals surface area contributed by atoms with Gasteiger partial charge in [0.25, 0.3) is 5.91 Å². The molecular weight excluding hydrogens is 350 g/mol. The zero-order valence-corrected chi connectivity index (χ0v) is 15.6. The first kappa shape index (κ1) is 17.6. The van der Waals surface area contributed by atoms with Crippen molar-refractivity contribution < 1.29 is 4.79 Å². The number of pyridine rings is 1. The van der Waals surface area contributed by atoms with Crippen molar-refractivity contribution >= 4 is 34.1 Å². The number of fused-ring (bicyclic) bond motifs is 1. The number of para-hydroxylation sites is 1. The Hall–Kier alpha value is -3.80. The highest BCUT2D eigenvalue weighted by atomic mass is 16.1. The lowest BCUT2D eigenvalue weighted by molar-refractivity contribution is 0.102. The van der Waals surface area contributed by atoms with Crippen LogP contribution in [0.15, 0.2) is 67.0 Å². The molecule has 4 aromatic rings. The number of hydrogen-bond acceptors (Lipinski definition) is 5. The van der Waals surface area contributed by atoms with E-state index in [4.69, 9.17) is 0 Å². The van der Waals surface area contributed by atoms with E-state index in [1.807, 2.05) is 62.4 Å². The van der Waals surface area contributed by atoms with Gasteiger partial charge in [-0.15, -0.1) is 0 Å². The van der Waals surface area contributed by atoms with Gasteiger partial charge in [-0.2, -0.15) is 0 Å².